The highest BCUT2D eigenvalue weighted by Gasteiger charge is 2.16. The highest BCUT2D eigenvalue weighted by molar-refractivity contribution is 5.87. The molecule has 7 heteroatoms. The normalized spacial score (nSPS) is 12.6. The number of amides is 1. The fourth-order valence-electron chi connectivity index (χ4n) is 4.01. The van der Waals surface area contributed by atoms with Gasteiger partial charge < -0.3 is 15.0 Å². The summed E-state index contributed by atoms with van der Waals surface area (Å²) >= 11 is 0. The summed E-state index contributed by atoms with van der Waals surface area (Å²) in [7, 11) is 0. The summed E-state index contributed by atoms with van der Waals surface area (Å²) in [6, 6.07) is 14.8. The van der Waals surface area contributed by atoms with Crippen molar-refractivity contribution in [2.75, 3.05) is 18.4 Å². The fraction of sp³-hybridized carbons (Fsp3) is 0.200. The van der Waals surface area contributed by atoms with E-state index >= 15 is 0 Å². The van der Waals surface area contributed by atoms with Crippen LogP contribution in [0.5, 0.6) is 11.6 Å². The van der Waals surface area contributed by atoms with Gasteiger partial charge in [0, 0.05) is 36.6 Å². The smallest absolute Gasteiger partial charge is 0.245 e. The molecule has 1 aliphatic rings. The molecule has 3 aromatic rings. The second-order valence-corrected chi connectivity index (χ2v) is 8.68. The highest BCUT2D eigenvalue weighted by atomic mass is 16.5. The Balaban J connectivity index is 1.42. The molecule has 0 spiro atoms. The third kappa shape index (κ3) is 6.62. The number of nitrogens with one attached hydrogen (secondary N) is 1. The molecular weight excluding hydrogens is 462 g/mol. The van der Waals surface area contributed by atoms with Gasteiger partial charge in [-0.25, -0.2) is 4.98 Å². The fourth-order valence-corrected chi connectivity index (χ4v) is 4.01. The molecule has 0 atom stereocenters. The predicted octanol–water partition coefficient (Wildman–Crippen LogP) is 5.59. The lowest BCUT2D eigenvalue weighted by Gasteiger charge is -2.27. The zero-order valence-corrected chi connectivity index (χ0v) is 20.9. The number of anilines is 2. The molecule has 2 heterocycles. The van der Waals surface area contributed by atoms with Crippen LogP contribution < -0.4 is 10.1 Å². The van der Waals surface area contributed by atoms with Gasteiger partial charge in [-0.15, -0.1) is 0 Å². The number of aryl methyl sites for hydroxylation is 2. The Morgan fingerprint density at radius 2 is 1.81 bits per heavy atom. The van der Waals surface area contributed by atoms with Gasteiger partial charge in [-0.1, -0.05) is 24.0 Å². The van der Waals surface area contributed by atoms with E-state index in [1.807, 2.05) is 37.0 Å². The molecule has 2 aromatic carbocycles. The molecule has 184 valence electrons. The summed E-state index contributed by atoms with van der Waals surface area (Å²) in [5.74, 6) is 7.92. The van der Waals surface area contributed by atoms with Crippen LogP contribution in [0.1, 0.15) is 35.1 Å². The van der Waals surface area contributed by atoms with E-state index in [0.29, 0.717) is 30.5 Å². The van der Waals surface area contributed by atoms with Crippen molar-refractivity contribution in [2.45, 2.75) is 26.7 Å². The Labute approximate surface area is 217 Å². The molecule has 7 nitrogen and oxygen atoms in total. The molecule has 1 fully saturated rings. The van der Waals surface area contributed by atoms with Gasteiger partial charge in [0.05, 0.1) is 11.6 Å². The van der Waals surface area contributed by atoms with E-state index in [2.05, 4.69) is 39.8 Å². The monoisotopic (exact) mass is 489 g/mol. The number of carbonyl (C=O) groups excluding carboxylic acids is 1. The van der Waals surface area contributed by atoms with Crippen molar-refractivity contribution in [1.82, 2.24) is 14.9 Å². The maximum atomic E-state index is 11.7. The van der Waals surface area contributed by atoms with Crippen molar-refractivity contribution >= 4 is 17.5 Å². The van der Waals surface area contributed by atoms with Crippen LogP contribution in [-0.2, 0) is 4.79 Å². The van der Waals surface area contributed by atoms with E-state index in [1.165, 1.54) is 11.6 Å². The van der Waals surface area contributed by atoms with Gasteiger partial charge in [0.2, 0.25) is 17.7 Å². The van der Waals surface area contributed by atoms with Crippen LogP contribution in [0.15, 0.2) is 73.0 Å². The second-order valence-electron chi connectivity index (χ2n) is 8.68. The molecule has 0 unspecified atom stereocenters. The molecule has 1 saturated heterocycles. The molecule has 0 radical (unpaired) electrons. The first-order chi connectivity index (χ1) is 17.9. The topological polar surface area (TPSA) is 91.1 Å². The van der Waals surface area contributed by atoms with E-state index in [9.17, 15) is 4.79 Å². The predicted molar refractivity (Wildman–Crippen MR) is 143 cm³/mol. The average molecular weight is 490 g/mol. The molecule has 37 heavy (non-hydrogen) atoms. The Morgan fingerprint density at radius 1 is 1.11 bits per heavy atom. The maximum Gasteiger partial charge on any atom is 0.245 e. The first kappa shape index (κ1) is 25.2. The number of aromatic nitrogens is 2. The number of nitrogens with zero attached hydrogens (tertiary/aromatic N) is 4. The lowest BCUT2D eigenvalue weighted by molar-refractivity contribution is -0.126. The first-order valence-electron chi connectivity index (χ1n) is 12.0. The summed E-state index contributed by atoms with van der Waals surface area (Å²) < 4.78 is 6.11. The van der Waals surface area contributed by atoms with Crippen LogP contribution in [0.25, 0.3) is 0 Å². The Morgan fingerprint density at radius 3 is 2.46 bits per heavy atom. The summed E-state index contributed by atoms with van der Waals surface area (Å²) in [5.41, 5.74) is 5.42. The number of allylic oxidation sites excluding steroid dienone is 1. The van der Waals surface area contributed by atoms with Gasteiger partial charge in [-0.2, -0.15) is 10.2 Å². The van der Waals surface area contributed by atoms with Crippen LogP contribution >= 0.6 is 0 Å². The van der Waals surface area contributed by atoms with Crippen molar-refractivity contribution in [1.29, 1.82) is 5.26 Å². The van der Waals surface area contributed by atoms with Crippen LogP contribution in [0, 0.1) is 37.0 Å². The van der Waals surface area contributed by atoms with E-state index in [4.69, 9.17) is 10.00 Å². The van der Waals surface area contributed by atoms with Crippen molar-refractivity contribution in [3.63, 3.8) is 0 Å². The number of benzene rings is 2. The molecule has 0 saturated carbocycles. The molecule has 1 aliphatic heterocycles. The number of piperidine rings is 1. The summed E-state index contributed by atoms with van der Waals surface area (Å²) in [6.07, 6.45) is 6.63. The average Bonchev–Trinajstić information content (AvgIpc) is 2.91. The number of hydrogen-bond donors (Lipinski definition) is 1. The van der Waals surface area contributed by atoms with Crippen molar-refractivity contribution in [3.05, 3.63) is 95.2 Å². The summed E-state index contributed by atoms with van der Waals surface area (Å²) in [6.45, 7) is 8.92. The van der Waals surface area contributed by atoms with Crippen molar-refractivity contribution in [2.24, 2.45) is 0 Å². The van der Waals surface area contributed by atoms with Crippen LogP contribution in [0.2, 0.25) is 0 Å². The zero-order chi connectivity index (χ0) is 26.2. The van der Waals surface area contributed by atoms with E-state index < -0.39 is 0 Å². The van der Waals surface area contributed by atoms with Crippen LogP contribution in [0.3, 0.4) is 0 Å². The minimum Gasteiger partial charge on any atom is -0.438 e. The Bertz CT molecular complexity index is 1420. The van der Waals surface area contributed by atoms with E-state index in [-0.39, 0.29) is 5.91 Å². The standard InChI is InChI=1S/C30H27N5O2/c1-4-28(36)35-16-13-23(14-17-35)6-5-7-25-18-21(2)29(22(3)19-25)37-27-12-15-32-30(34-27)33-26-10-8-24(20-31)9-11-26/h4,6,8-12,15,18-19H,1,13-14,16-17H2,2-3H3,(H,32,33,34). The molecule has 4 rings (SSSR count). The number of ether oxygens (including phenoxy) is 1. The quantitative estimate of drug-likeness (QED) is 0.371. The van der Waals surface area contributed by atoms with Crippen LogP contribution in [-0.4, -0.2) is 33.9 Å². The maximum absolute atomic E-state index is 11.7. The summed E-state index contributed by atoms with van der Waals surface area (Å²) in [4.78, 5) is 22.2. The molecular formula is C30H27N5O2. The number of hydrogen-bond acceptors (Lipinski definition) is 6. The molecule has 0 aliphatic carbocycles. The third-order valence-electron chi connectivity index (χ3n) is 5.95. The largest absolute Gasteiger partial charge is 0.438 e. The van der Waals surface area contributed by atoms with Gasteiger partial charge >= 0.3 is 0 Å². The van der Waals surface area contributed by atoms with E-state index in [1.54, 1.807) is 36.5 Å². The van der Waals surface area contributed by atoms with E-state index in [0.717, 1.165) is 41.0 Å². The third-order valence-corrected chi connectivity index (χ3v) is 5.95. The lowest BCUT2D eigenvalue weighted by Crippen LogP contribution is -2.35. The Kier molecular flexibility index (Phi) is 7.98. The molecule has 1 N–H and O–H groups in total. The van der Waals surface area contributed by atoms with Crippen molar-refractivity contribution < 1.29 is 9.53 Å². The Hall–Kier alpha value is -4.88. The minimum atomic E-state index is -0.0147. The van der Waals surface area contributed by atoms with Gasteiger partial charge in [0.1, 0.15) is 5.75 Å². The number of rotatable bonds is 5. The van der Waals surface area contributed by atoms with Gasteiger partial charge in [0.25, 0.3) is 0 Å². The number of carbonyl (C=O) groups is 1. The highest BCUT2D eigenvalue weighted by Crippen LogP contribution is 2.29. The molecule has 1 aromatic heterocycles. The van der Waals surface area contributed by atoms with Crippen LogP contribution in [0.4, 0.5) is 11.6 Å². The minimum absolute atomic E-state index is 0.0147. The SMILES string of the molecule is C=CC(=O)N1CCC(=CC#Cc2cc(C)c(Oc3ccnc(Nc4ccc(C#N)cc4)n3)c(C)c2)CC1. The lowest BCUT2D eigenvalue weighted by atomic mass is 10.0. The van der Waals surface area contributed by atoms with Gasteiger partial charge in [0.15, 0.2) is 0 Å². The first-order valence-corrected chi connectivity index (χ1v) is 12.0. The van der Waals surface area contributed by atoms with Crippen molar-refractivity contribution in [3.8, 4) is 29.5 Å². The number of nitriles is 1. The van der Waals surface area contributed by atoms with Gasteiger partial charge in [-0.05, 0) is 86.4 Å². The summed E-state index contributed by atoms with van der Waals surface area (Å²) in [5, 5.41) is 12.1. The van der Waals surface area contributed by atoms with Gasteiger partial charge in [-0.3, -0.25) is 4.79 Å². The number of likely N-dealkylation sites (tertiary alicyclic amines) is 1. The second kappa shape index (κ2) is 11.7. The zero-order valence-electron chi connectivity index (χ0n) is 20.9. The molecule has 0 bridgehead atoms. The molecule has 1 amide bonds.